The van der Waals surface area contributed by atoms with Crippen molar-refractivity contribution in [1.29, 1.82) is 0 Å². The molecule has 148 valence electrons. The second-order valence-electron chi connectivity index (χ2n) is 7.24. The number of hydrogen-bond acceptors (Lipinski definition) is 4. The Balaban J connectivity index is 2.10. The molecule has 0 saturated carbocycles. The van der Waals surface area contributed by atoms with Crippen molar-refractivity contribution >= 4 is 33.3 Å². The number of aromatic nitrogens is 3. The number of benzene rings is 1. The summed E-state index contributed by atoms with van der Waals surface area (Å²) in [4.78, 5) is 30.8. The van der Waals surface area contributed by atoms with E-state index in [0.717, 1.165) is 22.2 Å². The van der Waals surface area contributed by atoms with E-state index in [4.69, 9.17) is 0 Å². The van der Waals surface area contributed by atoms with E-state index in [1.54, 1.807) is 0 Å². The van der Waals surface area contributed by atoms with Crippen LogP contribution in [-0.4, -0.2) is 14.0 Å². The van der Waals surface area contributed by atoms with Crippen LogP contribution < -0.4 is 15.7 Å². The van der Waals surface area contributed by atoms with Gasteiger partial charge in [-0.1, -0.05) is 42.5 Å². The van der Waals surface area contributed by atoms with E-state index in [1.165, 1.54) is 21.3 Å². The van der Waals surface area contributed by atoms with Crippen LogP contribution >= 0.6 is 11.3 Å². The second-order valence-corrected chi connectivity index (χ2v) is 8.25. The van der Waals surface area contributed by atoms with Crippen molar-refractivity contribution in [2.24, 2.45) is 0 Å². The van der Waals surface area contributed by atoms with E-state index < -0.39 is 0 Å². The number of nitrogens with zero attached hydrogens (tertiary/aromatic N) is 3. The minimum atomic E-state index is -0.297. The fourth-order valence-corrected chi connectivity index (χ4v) is 5.04. The standard InChI is InChI=1S/C23H23N3O2S/c1-6-11-25-15(5)18(17-10-8-9-13(3)20(17)25)12-19-22(28)26-21(27)16(7-2)14(4)24-23(26)29-19/h6,8-10,12H,1,7,11H2,2-5H3/b19-12-. The Morgan fingerprint density at radius 1 is 1.17 bits per heavy atom. The molecule has 0 amide bonds. The average molecular weight is 406 g/mol. The molecule has 3 heterocycles. The molecule has 4 rings (SSSR count). The summed E-state index contributed by atoms with van der Waals surface area (Å²) in [7, 11) is 0. The Morgan fingerprint density at radius 3 is 2.62 bits per heavy atom. The number of thiazole rings is 1. The first-order valence-electron chi connectivity index (χ1n) is 9.65. The van der Waals surface area contributed by atoms with Gasteiger partial charge in [-0.2, -0.15) is 0 Å². The van der Waals surface area contributed by atoms with E-state index >= 15 is 0 Å². The lowest BCUT2D eigenvalue weighted by Gasteiger charge is -2.06. The van der Waals surface area contributed by atoms with Crippen LogP contribution in [-0.2, 0) is 13.0 Å². The SMILES string of the molecule is C=CCn1c(C)c(/C=c2\sc3nc(C)c(CC)c(=O)n3c2=O)c2cccc(C)c21. The van der Waals surface area contributed by atoms with E-state index in [0.29, 0.717) is 33.7 Å². The van der Waals surface area contributed by atoms with Gasteiger partial charge in [0.25, 0.3) is 11.1 Å². The highest BCUT2D eigenvalue weighted by Gasteiger charge is 2.16. The molecule has 1 aromatic carbocycles. The second kappa shape index (κ2) is 7.12. The fraction of sp³-hybridized carbons (Fsp3) is 0.261. The minimum Gasteiger partial charge on any atom is -0.340 e. The maximum Gasteiger partial charge on any atom is 0.277 e. The van der Waals surface area contributed by atoms with Crippen molar-refractivity contribution in [3.63, 3.8) is 0 Å². The summed E-state index contributed by atoms with van der Waals surface area (Å²) >= 11 is 1.26. The van der Waals surface area contributed by atoms with E-state index in [-0.39, 0.29) is 11.1 Å². The monoisotopic (exact) mass is 405 g/mol. The first kappa shape index (κ1) is 19.3. The van der Waals surface area contributed by atoms with Crippen molar-refractivity contribution in [1.82, 2.24) is 14.0 Å². The quantitative estimate of drug-likeness (QED) is 0.490. The molecule has 0 unspecified atom stereocenters. The van der Waals surface area contributed by atoms with E-state index in [9.17, 15) is 9.59 Å². The molecule has 29 heavy (non-hydrogen) atoms. The van der Waals surface area contributed by atoms with E-state index in [2.05, 4.69) is 42.1 Å². The molecule has 0 aliphatic rings. The van der Waals surface area contributed by atoms with Crippen LogP contribution in [0.2, 0.25) is 0 Å². The van der Waals surface area contributed by atoms with E-state index in [1.807, 2.05) is 32.1 Å². The predicted molar refractivity (Wildman–Crippen MR) is 120 cm³/mol. The molecule has 3 aromatic heterocycles. The number of para-hydroxylation sites is 1. The maximum absolute atomic E-state index is 13.1. The topological polar surface area (TPSA) is 56.4 Å². The van der Waals surface area contributed by atoms with Crippen molar-refractivity contribution in [2.75, 3.05) is 0 Å². The Hall–Kier alpha value is -2.99. The third-order valence-electron chi connectivity index (χ3n) is 5.50. The van der Waals surface area contributed by atoms with Gasteiger partial charge >= 0.3 is 0 Å². The Kier molecular flexibility index (Phi) is 4.74. The number of allylic oxidation sites excluding steroid dienone is 1. The van der Waals surface area contributed by atoms with Gasteiger partial charge in [0, 0.05) is 34.4 Å². The highest BCUT2D eigenvalue weighted by atomic mass is 32.1. The maximum atomic E-state index is 13.1. The van der Waals surface area contributed by atoms with Crippen molar-refractivity contribution in [3.05, 3.63) is 84.2 Å². The van der Waals surface area contributed by atoms with Crippen LogP contribution in [0, 0.1) is 20.8 Å². The molecule has 0 radical (unpaired) electrons. The molecule has 0 fully saturated rings. The highest BCUT2D eigenvalue weighted by molar-refractivity contribution is 7.15. The zero-order valence-corrected chi connectivity index (χ0v) is 17.9. The molecule has 4 aromatic rings. The lowest BCUT2D eigenvalue weighted by atomic mass is 10.1. The first-order valence-corrected chi connectivity index (χ1v) is 10.5. The van der Waals surface area contributed by atoms with Gasteiger partial charge in [0.05, 0.1) is 10.0 Å². The van der Waals surface area contributed by atoms with Crippen LogP contribution in [0.25, 0.3) is 21.9 Å². The third-order valence-corrected chi connectivity index (χ3v) is 6.47. The molecular weight excluding hydrogens is 382 g/mol. The number of hydrogen-bond donors (Lipinski definition) is 0. The lowest BCUT2D eigenvalue weighted by molar-refractivity contribution is 0.825. The van der Waals surface area contributed by atoms with Crippen LogP contribution in [0.4, 0.5) is 0 Å². The Bertz CT molecular complexity index is 1450. The Labute approximate surface area is 172 Å². The summed E-state index contributed by atoms with van der Waals surface area (Å²) in [6.07, 6.45) is 4.33. The van der Waals surface area contributed by atoms with Gasteiger partial charge in [-0.3, -0.25) is 9.59 Å². The zero-order valence-electron chi connectivity index (χ0n) is 17.1. The third kappa shape index (κ3) is 2.86. The lowest BCUT2D eigenvalue weighted by Crippen LogP contribution is -2.33. The van der Waals surface area contributed by atoms with Gasteiger partial charge in [-0.25, -0.2) is 9.38 Å². The number of fused-ring (bicyclic) bond motifs is 2. The molecule has 0 N–H and O–H groups in total. The van der Waals surface area contributed by atoms with Gasteiger partial charge in [-0.05, 0) is 38.8 Å². The molecular formula is C23H23N3O2S. The normalized spacial score (nSPS) is 12.3. The van der Waals surface area contributed by atoms with Gasteiger partial charge in [-0.15, -0.1) is 6.58 Å². The molecule has 0 aliphatic heterocycles. The van der Waals surface area contributed by atoms with Gasteiger partial charge < -0.3 is 4.57 Å². The molecule has 0 atom stereocenters. The first-order chi connectivity index (χ1) is 13.9. The van der Waals surface area contributed by atoms with Crippen LogP contribution in [0.1, 0.15) is 35.0 Å². The minimum absolute atomic E-state index is 0.252. The fourth-order valence-electron chi connectivity index (χ4n) is 4.05. The van der Waals surface area contributed by atoms with Crippen LogP contribution in [0.5, 0.6) is 0 Å². The summed E-state index contributed by atoms with van der Waals surface area (Å²) < 4.78 is 3.95. The van der Waals surface area contributed by atoms with Crippen LogP contribution in [0.15, 0.2) is 40.4 Å². The Morgan fingerprint density at radius 2 is 1.93 bits per heavy atom. The summed E-state index contributed by atoms with van der Waals surface area (Å²) in [6.45, 7) is 12.4. The van der Waals surface area contributed by atoms with Crippen molar-refractivity contribution < 1.29 is 0 Å². The van der Waals surface area contributed by atoms with Crippen molar-refractivity contribution in [2.45, 2.75) is 40.7 Å². The molecule has 0 bridgehead atoms. The largest absolute Gasteiger partial charge is 0.340 e. The predicted octanol–water partition coefficient (Wildman–Crippen LogP) is 3.29. The average Bonchev–Trinajstić information content (AvgIpc) is 3.13. The highest BCUT2D eigenvalue weighted by Crippen LogP contribution is 2.29. The van der Waals surface area contributed by atoms with Crippen molar-refractivity contribution in [3.8, 4) is 0 Å². The van der Waals surface area contributed by atoms with Crippen LogP contribution in [0.3, 0.4) is 0 Å². The summed E-state index contributed by atoms with van der Waals surface area (Å²) in [5, 5.41) is 1.09. The molecule has 0 saturated heterocycles. The molecule has 0 spiro atoms. The number of aryl methyl sites for hydroxylation is 2. The smallest absolute Gasteiger partial charge is 0.277 e. The summed E-state index contributed by atoms with van der Waals surface area (Å²) in [5.41, 5.74) is 5.12. The van der Waals surface area contributed by atoms with Gasteiger partial charge in [0.2, 0.25) is 4.96 Å². The molecule has 5 nitrogen and oxygen atoms in total. The van der Waals surface area contributed by atoms with Gasteiger partial charge in [0.1, 0.15) is 0 Å². The molecule has 0 aliphatic carbocycles. The summed E-state index contributed by atoms with van der Waals surface area (Å²) in [6, 6.07) is 6.18. The molecule has 6 heteroatoms. The summed E-state index contributed by atoms with van der Waals surface area (Å²) in [5.74, 6) is 0. The number of rotatable bonds is 4. The zero-order chi connectivity index (χ0) is 20.9. The van der Waals surface area contributed by atoms with Gasteiger partial charge in [0.15, 0.2) is 0 Å².